The largest absolute Gasteiger partial charge is 0.507 e. The summed E-state index contributed by atoms with van der Waals surface area (Å²) >= 11 is 0. The Morgan fingerprint density at radius 2 is 1.89 bits per heavy atom. The van der Waals surface area contributed by atoms with E-state index < -0.39 is 17.5 Å². The first kappa shape index (κ1) is 18.2. The maximum Gasteiger partial charge on any atom is 0.376 e. The highest BCUT2D eigenvalue weighted by Gasteiger charge is 2.19. The van der Waals surface area contributed by atoms with E-state index >= 15 is 0 Å². The predicted octanol–water partition coefficient (Wildman–Crippen LogP) is 3.39. The van der Waals surface area contributed by atoms with E-state index in [4.69, 9.17) is 9.84 Å². The van der Waals surface area contributed by atoms with Crippen molar-refractivity contribution in [2.75, 3.05) is 7.11 Å². The van der Waals surface area contributed by atoms with Gasteiger partial charge in [0.15, 0.2) is 0 Å². The molecule has 3 aromatic rings. The van der Waals surface area contributed by atoms with Crippen LogP contribution in [0.25, 0.3) is 16.7 Å². The number of hydrogen-bond donors (Lipinski definition) is 2. The lowest BCUT2D eigenvalue weighted by atomic mass is 10.1. The quantitative estimate of drug-likeness (QED) is 0.395. The Kier molecular flexibility index (Phi) is 4.94. The molecule has 0 aliphatic rings. The Morgan fingerprint density at radius 3 is 2.56 bits per heavy atom. The Labute approximate surface area is 153 Å². The number of carbonyl (C=O) groups is 2. The number of fused-ring (bicyclic) bond motifs is 1. The summed E-state index contributed by atoms with van der Waals surface area (Å²) in [5, 5.41) is 19.6. The summed E-state index contributed by atoms with van der Waals surface area (Å²) in [6.07, 6.45) is 2.16. The van der Waals surface area contributed by atoms with Gasteiger partial charge in [0.1, 0.15) is 17.3 Å². The number of nitrogens with zero attached hydrogens (tertiary/aromatic N) is 1. The summed E-state index contributed by atoms with van der Waals surface area (Å²) in [5.74, 6) is -3.38. The number of carbonyl (C=O) groups excluding carboxylic acids is 1. The van der Waals surface area contributed by atoms with Crippen LogP contribution in [0.1, 0.15) is 11.1 Å². The lowest BCUT2D eigenvalue weighted by Crippen LogP contribution is -2.09. The number of hydrogen-bond acceptors (Lipinski definition) is 4. The third-order valence-corrected chi connectivity index (χ3v) is 4.14. The van der Waals surface area contributed by atoms with Gasteiger partial charge in [-0.2, -0.15) is 0 Å². The van der Waals surface area contributed by atoms with Crippen LogP contribution in [0.2, 0.25) is 0 Å². The minimum atomic E-state index is -1.68. The van der Waals surface area contributed by atoms with E-state index in [2.05, 4.69) is 0 Å². The van der Waals surface area contributed by atoms with Gasteiger partial charge < -0.3 is 19.5 Å². The Balaban J connectivity index is 2.18. The molecule has 3 rings (SSSR count). The van der Waals surface area contributed by atoms with E-state index in [9.17, 15) is 19.1 Å². The van der Waals surface area contributed by atoms with E-state index in [1.807, 2.05) is 0 Å². The molecule has 0 amide bonds. The van der Waals surface area contributed by atoms with Gasteiger partial charge >= 0.3 is 5.97 Å². The highest BCUT2D eigenvalue weighted by Crippen LogP contribution is 2.34. The van der Waals surface area contributed by atoms with Crippen molar-refractivity contribution in [2.45, 2.75) is 6.54 Å². The smallest absolute Gasteiger partial charge is 0.376 e. The maximum atomic E-state index is 14.0. The molecule has 27 heavy (non-hydrogen) atoms. The topological polar surface area (TPSA) is 88.8 Å². The number of methoxy groups -OCH3 is 1. The predicted molar refractivity (Wildman–Crippen MR) is 97.2 cm³/mol. The molecule has 2 N–H and O–H groups in total. The van der Waals surface area contributed by atoms with Crippen molar-refractivity contribution in [3.8, 4) is 5.75 Å². The van der Waals surface area contributed by atoms with Gasteiger partial charge in [-0.3, -0.25) is 4.79 Å². The standard InChI is InChI=1S/C20H16FNO5/c1-27-18-8-4-7-15-19(18)13(16(23)9-17(24)20(25)26)11-22(15)10-12-5-2-3-6-14(12)21/h2-9,11,23H,10H2,1H3,(H,25,26)/b16-9-. The van der Waals surface area contributed by atoms with E-state index in [0.29, 0.717) is 28.3 Å². The van der Waals surface area contributed by atoms with Gasteiger partial charge in [0.2, 0.25) is 0 Å². The summed E-state index contributed by atoms with van der Waals surface area (Å²) in [6.45, 7) is 0.177. The van der Waals surface area contributed by atoms with Gasteiger partial charge in [0, 0.05) is 23.4 Å². The number of aliphatic hydroxyl groups is 1. The molecule has 0 aliphatic heterocycles. The summed E-state index contributed by atoms with van der Waals surface area (Å²) in [7, 11) is 1.45. The highest BCUT2D eigenvalue weighted by molar-refractivity contribution is 6.38. The van der Waals surface area contributed by atoms with Crippen LogP contribution in [0.5, 0.6) is 5.75 Å². The number of aliphatic carboxylic acids is 1. The normalized spacial score (nSPS) is 11.6. The van der Waals surface area contributed by atoms with Crippen LogP contribution >= 0.6 is 0 Å². The Hall–Kier alpha value is -3.61. The minimum absolute atomic E-state index is 0.177. The first-order valence-corrected chi connectivity index (χ1v) is 8.00. The molecule has 138 valence electrons. The first-order chi connectivity index (χ1) is 12.9. The minimum Gasteiger partial charge on any atom is -0.507 e. The number of benzene rings is 2. The summed E-state index contributed by atoms with van der Waals surface area (Å²) in [5.41, 5.74) is 1.29. The highest BCUT2D eigenvalue weighted by atomic mass is 19.1. The molecule has 0 saturated heterocycles. The van der Waals surface area contributed by atoms with Crippen molar-refractivity contribution in [2.24, 2.45) is 0 Å². The fourth-order valence-corrected chi connectivity index (χ4v) is 2.89. The summed E-state index contributed by atoms with van der Waals surface area (Å²) in [6, 6.07) is 11.5. The van der Waals surface area contributed by atoms with Gasteiger partial charge in [-0.05, 0) is 18.2 Å². The molecule has 1 aromatic heterocycles. The molecule has 0 fully saturated rings. The van der Waals surface area contributed by atoms with Crippen LogP contribution in [-0.4, -0.2) is 33.6 Å². The van der Waals surface area contributed by atoms with Crippen LogP contribution in [0.3, 0.4) is 0 Å². The number of ether oxygens (including phenoxy) is 1. The molecule has 0 spiro atoms. The third-order valence-electron chi connectivity index (χ3n) is 4.14. The zero-order chi connectivity index (χ0) is 19.6. The van der Waals surface area contributed by atoms with E-state index in [1.54, 1.807) is 41.0 Å². The van der Waals surface area contributed by atoms with Gasteiger partial charge in [0.25, 0.3) is 5.78 Å². The average molecular weight is 369 g/mol. The second-order valence-corrected chi connectivity index (χ2v) is 5.82. The number of ketones is 1. The number of aliphatic hydroxyl groups excluding tert-OH is 1. The summed E-state index contributed by atoms with van der Waals surface area (Å²) in [4.78, 5) is 22.2. The van der Waals surface area contributed by atoms with E-state index in [1.165, 1.54) is 19.4 Å². The molecule has 0 atom stereocenters. The van der Waals surface area contributed by atoms with Gasteiger partial charge in [-0.15, -0.1) is 0 Å². The maximum absolute atomic E-state index is 14.0. The second kappa shape index (κ2) is 7.33. The Bertz CT molecular complexity index is 1070. The van der Waals surface area contributed by atoms with Crippen molar-refractivity contribution in [1.82, 2.24) is 4.57 Å². The molecule has 0 unspecified atom stereocenters. The van der Waals surface area contributed by atoms with Crippen LogP contribution in [-0.2, 0) is 16.1 Å². The molecule has 6 nitrogen and oxygen atoms in total. The van der Waals surface area contributed by atoms with Gasteiger partial charge in [-0.25, -0.2) is 9.18 Å². The molecule has 2 aromatic carbocycles. The fraction of sp³-hybridized carbons (Fsp3) is 0.100. The van der Waals surface area contributed by atoms with Crippen LogP contribution < -0.4 is 4.74 Å². The molecule has 0 bridgehead atoms. The molecule has 0 saturated carbocycles. The first-order valence-electron chi connectivity index (χ1n) is 8.00. The van der Waals surface area contributed by atoms with Crippen molar-refractivity contribution in [3.05, 3.63) is 71.7 Å². The van der Waals surface area contributed by atoms with Gasteiger partial charge in [0.05, 0.1) is 24.6 Å². The fourth-order valence-electron chi connectivity index (χ4n) is 2.89. The van der Waals surface area contributed by atoms with Crippen molar-refractivity contribution in [3.63, 3.8) is 0 Å². The molecule has 7 heteroatoms. The second-order valence-electron chi connectivity index (χ2n) is 5.82. The number of carboxylic acids is 1. The zero-order valence-corrected chi connectivity index (χ0v) is 14.3. The van der Waals surface area contributed by atoms with Crippen molar-refractivity contribution >= 4 is 28.4 Å². The molecular weight excluding hydrogens is 353 g/mol. The number of carboxylic acid groups (broad SMARTS) is 1. The van der Waals surface area contributed by atoms with Gasteiger partial charge in [-0.1, -0.05) is 24.3 Å². The van der Waals surface area contributed by atoms with Crippen LogP contribution in [0.15, 0.2) is 54.7 Å². The Morgan fingerprint density at radius 1 is 1.15 bits per heavy atom. The van der Waals surface area contributed by atoms with Crippen molar-refractivity contribution < 1.29 is 28.9 Å². The zero-order valence-electron chi connectivity index (χ0n) is 14.3. The van der Waals surface area contributed by atoms with Crippen LogP contribution in [0, 0.1) is 5.82 Å². The number of halogens is 1. The molecular formula is C20H16FNO5. The molecule has 0 aliphatic carbocycles. The van der Waals surface area contributed by atoms with Crippen LogP contribution in [0.4, 0.5) is 4.39 Å². The SMILES string of the molecule is COc1cccc2c1c(/C(O)=C/C(=O)C(=O)O)cn2Cc1ccccc1F. The van der Waals surface area contributed by atoms with Crippen molar-refractivity contribution in [1.29, 1.82) is 0 Å². The lowest BCUT2D eigenvalue weighted by molar-refractivity contribution is -0.146. The summed E-state index contributed by atoms with van der Waals surface area (Å²) < 4.78 is 21.1. The average Bonchev–Trinajstić information content (AvgIpc) is 3.02. The van der Waals surface area contributed by atoms with E-state index in [-0.39, 0.29) is 17.9 Å². The molecule has 1 heterocycles. The molecule has 0 radical (unpaired) electrons. The van der Waals surface area contributed by atoms with E-state index in [0.717, 1.165) is 0 Å². The lowest BCUT2D eigenvalue weighted by Gasteiger charge is -2.07. The number of aromatic nitrogens is 1. The monoisotopic (exact) mass is 369 g/mol. The third kappa shape index (κ3) is 3.52. The number of rotatable bonds is 6.